The number of nitrogens with two attached hydrogens (primary N) is 1. The lowest BCUT2D eigenvalue weighted by Crippen LogP contribution is -2.69. The Hall–Kier alpha value is -1.39. The van der Waals surface area contributed by atoms with E-state index in [0.29, 0.717) is 12.1 Å². The fourth-order valence-electron chi connectivity index (χ4n) is 1.74. The van der Waals surface area contributed by atoms with Crippen molar-refractivity contribution >= 4 is 11.6 Å². The van der Waals surface area contributed by atoms with Crippen molar-refractivity contribution in [1.29, 1.82) is 0 Å². The highest BCUT2D eigenvalue weighted by atomic mass is 16.1. The average molecular weight is 249 g/mol. The van der Waals surface area contributed by atoms with Crippen molar-refractivity contribution in [3.8, 4) is 0 Å². The van der Waals surface area contributed by atoms with Crippen LogP contribution in [0.4, 0.5) is 5.69 Å². The zero-order valence-electron chi connectivity index (χ0n) is 11.3. The molecule has 0 bridgehead atoms. The summed E-state index contributed by atoms with van der Waals surface area (Å²) in [6.45, 7) is 7.85. The molecule has 0 atom stereocenters. The van der Waals surface area contributed by atoms with E-state index in [2.05, 4.69) is 31.1 Å². The second-order valence-electron chi connectivity index (χ2n) is 4.11. The van der Waals surface area contributed by atoms with Crippen LogP contribution in [0.25, 0.3) is 0 Å². The van der Waals surface area contributed by atoms with Crippen LogP contribution in [0, 0.1) is 7.05 Å². The van der Waals surface area contributed by atoms with Gasteiger partial charge >= 0.3 is 0 Å². The van der Waals surface area contributed by atoms with E-state index < -0.39 is 0 Å². The van der Waals surface area contributed by atoms with Crippen molar-refractivity contribution in [1.82, 2.24) is 10.2 Å². The molecule has 0 saturated carbocycles. The lowest BCUT2D eigenvalue weighted by Gasteiger charge is -2.17. The zero-order chi connectivity index (χ0) is 13.4. The minimum absolute atomic E-state index is 0.0160. The summed E-state index contributed by atoms with van der Waals surface area (Å²) >= 11 is 0. The van der Waals surface area contributed by atoms with Crippen LogP contribution < -0.4 is 10.6 Å². The Balaban J connectivity index is 2.40. The molecular formula is C14H23N3O. The first-order valence-corrected chi connectivity index (χ1v) is 6.44. The Morgan fingerprint density at radius 1 is 1.28 bits per heavy atom. The number of nitrogens with one attached hydrogen (secondary N) is 1. The maximum atomic E-state index is 11.8. The molecule has 1 aromatic carbocycles. The van der Waals surface area contributed by atoms with E-state index in [0.717, 1.165) is 25.3 Å². The van der Waals surface area contributed by atoms with Gasteiger partial charge in [0, 0.05) is 18.7 Å². The number of hydrogen-bond donors (Lipinski definition) is 2. The Labute approximate surface area is 109 Å². The summed E-state index contributed by atoms with van der Waals surface area (Å²) in [4.78, 5) is 14.1. The monoisotopic (exact) mass is 249 g/mol. The van der Waals surface area contributed by atoms with Crippen molar-refractivity contribution in [2.75, 3.05) is 26.2 Å². The predicted octanol–water partition coefficient (Wildman–Crippen LogP) is 0.745. The molecule has 0 aliphatic heterocycles. The van der Waals surface area contributed by atoms with Gasteiger partial charge < -0.3 is 15.5 Å². The average Bonchev–Trinajstić information content (AvgIpc) is 2.43. The van der Waals surface area contributed by atoms with E-state index >= 15 is 0 Å². The van der Waals surface area contributed by atoms with Crippen molar-refractivity contribution in [3.63, 3.8) is 0 Å². The maximum Gasteiger partial charge on any atom is 0.251 e. The molecule has 4 nitrogen and oxygen atoms in total. The van der Waals surface area contributed by atoms with Gasteiger partial charge in [0.1, 0.15) is 5.69 Å². The predicted molar refractivity (Wildman–Crippen MR) is 73.5 cm³/mol. The van der Waals surface area contributed by atoms with Gasteiger partial charge in [0.05, 0.1) is 0 Å². The molecule has 0 aliphatic rings. The number of rotatable bonds is 7. The summed E-state index contributed by atoms with van der Waals surface area (Å²) in [6.07, 6.45) is 0. The van der Waals surface area contributed by atoms with Crippen LogP contribution in [0.1, 0.15) is 24.2 Å². The molecule has 1 rings (SSSR count). The minimum atomic E-state index is -0.0160. The Morgan fingerprint density at radius 2 is 1.89 bits per heavy atom. The van der Waals surface area contributed by atoms with Gasteiger partial charge in [-0.15, -0.1) is 7.05 Å². The molecule has 0 fully saturated rings. The van der Waals surface area contributed by atoms with Gasteiger partial charge in [0.25, 0.3) is 5.91 Å². The van der Waals surface area contributed by atoms with Crippen LogP contribution in [0.5, 0.6) is 0 Å². The highest BCUT2D eigenvalue weighted by Gasteiger charge is 2.05. The third kappa shape index (κ3) is 4.47. The van der Waals surface area contributed by atoms with E-state index in [1.165, 1.54) is 0 Å². The van der Waals surface area contributed by atoms with E-state index in [-0.39, 0.29) is 5.91 Å². The van der Waals surface area contributed by atoms with E-state index in [1.807, 2.05) is 24.3 Å². The van der Waals surface area contributed by atoms with Crippen molar-refractivity contribution in [2.24, 2.45) is 0 Å². The maximum absolute atomic E-state index is 11.8. The Morgan fingerprint density at radius 3 is 2.39 bits per heavy atom. The number of hydrogen-bond acceptors (Lipinski definition) is 2. The molecule has 0 saturated heterocycles. The smallest absolute Gasteiger partial charge is 0.251 e. The van der Waals surface area contributed by atoms with Gasteiger partial charge in [-0.3, -0.25) is 4.79 Å². The SMILES string of the molecule is [CH2-][NH2+]c1ccc(C(=O)NCCN(CC)CC)cc1. The molecule has 0 aromatic heterocycles. The number of carbonyl (C=O) groups excluding carboxylic acids is 1. The largest absolute Gasteiger partial charge is 0.446 e. The van der Waals surface area contributed by atoms with Crippen LogP contribution in [0.3, 0.4) is 0 Å². The Bertz CT molecular complexity index is 358. The van der Waals surface area contributed by atoms with Gasteiger partial charge in [0.15, 0.2) is 0 Å². The van der Waals surface area contributed by atoms with Gasteiger partial charge in [-0.2, -0.15) is 0 Å². The van der Waals surface area contributed by atoms with Crippen molar-refractivity contribution < 1.29 is 10.1 Å². The highest BCUT2D eigenvalue weighted by molar-refractivity contribution is 5.94. The molecule has 3 N–H and O–H groups in total. The number of carbonyl (C=O) groups is 1. The highest BCUT2D eigenvalue weighted by Crippen LogP contribution is 2.04. The third-order valence-electron chi connectivity index (χ3n) is 3.02. The van der Waals surface area contributed by atoms with Gasteiger partial charge in [-0.25, -0.2) is 0 Å². The molecule has 4 heteroatoms. The second-order valence-corrected chi connectivity index (χ2v) is 4.11. The van der Waals surface area contributed by atoms with Gasteiger partial charge in [-0.05, 0) is 37.4 Å². The van der Waals surface area contributed by atoms with Crippen LogP contribution in [0.15, 0.2) is 24.3 Å². The molecule has 1 aromatic rings. The fourth-order valence-corrected chi connectivity index (χ4v) is 1.74. The summed E-state index contributed by atoms with van der Waals surface area (Å²) in [5, 5.41) is 4.70. The lowest BCUT2D eigenvalue weighted by atomic mass is 10.2. The first-order chi connectivity index (χ1) is 8.71. The van der Waals surface area contributed by atoms with E-state index in [4.69, 9.17) is 0 Å². The van der Waals surface area contributed by atoms with Crippen molar-refractivity contribution in [3.05, 3.63) is 36.9 Å². The molecule has 100 valence electrons. The standard InChI is InChI=1S/C14H23N3O/c1-4-17(5-2)11-10-16-14(18)12-6-8-13(15-3)9-7-12/h6-9H,3-5,10-11,15H2,1-2H3,(H,16,18). The van der Waals surface area contributed by atoms with Crippen LogP contribution >= 0.6 is 0 Å². The van der Waals surface area contributed by atoms with E-state index in [1.54, 1.807) is 5.32 Å². The molecular weight excluding hydrogens is 226 g/mol. The van der Waals surface area contributed by atoms with Crippen LogP contribution in [-0.4, -0.2) is 37.0 Å². The van der Waals surface area contributed by atoms with Crippen LogP contribution in [0.2, 0.25) is 0 Å². The molecule has 0 spiro atoms. The third-order valence-corrected chi connectivity index (χ3v) is 3.02. The van der Waals surface area contributed by atoms with E-state index in [9.17, 15) is 4.79 Å². The second kappa shape index (κ2) is 7.84. The molecule has 0 radical (unpaired) electrons. The van der Waals surface area contributed by atoms with Crippen LogP contribution in [-0.2, 0) is 0 Å². The first-order valence-electron chi connectivity index (χ1n) is 6.44. The molecule has 18 heavy (non-hydrogen) atoms. The lowest BCUT2D eigenvalue weighted by molar-refractivity contribution is -0.504. The number of nitrogens with zero attached hydrogens (tertiary/aromatic N) is 1. The summed E-state index contributed by atoms with van der Waals surface area (Å²) in [6, 6.07) is 7.44. The first kappa shape index (κ1) is 14.7. The fraction of sp³-hybridized carbons (Fsp3) is 0.429. The molecule has 0 heterocycles. The summed E-state index contributed by atoms with van der Waals surface area (Å²) in [5.74, 6) is -0.0160. The summed E-state index contributed by atoms with van der Waals surface area (Å²) in [5.41, 5.74) is 1.72. The summed E-state index contributed by atoms with van der Waals surface area (Å²) in [7, 11) is 3.69. The molecule has 1 amide bonds. The minimum Gasteiger partial charge on any atom is -0.446 e. The molecule has 0 aliphatic carbocycles. The zero-order valence-corrected chi connectivity index (χ0v) is 11.3. The normalized spacial score (nSPS) is 10.7. The molecule has 0 unspecified atom stereocenters. The summed E-state index contributed by atoms with van der Waals surface area (Å²) < 4.78 is 0. The number of likely N-dealkylation sites (N-methyl/N-ethyl adjacent to an activating group) is 1. The number of quaternary nitrogens is 1. The quantitative estimate of drug-likeness (QED) is 0.553. The van der Waals surface area contributed by atoms with Gasteiger partial charge in [-0.1, -0.05) is 13.8 Å². The van der Waals surface area contributed by atoms with Gasteiger partial charge in [0.2, 0.25) is 0 Å². The number of amides is 1. The number of benzene rings is 1. The van der Waals surface area contributed by atoms with Crippen molar-refractivity contribution in [2.45, 2.75) is 13.8 Å². The topological polar surface area (TPSA) is 49.0 Å². The Kier molecular flexibility index (Phi) is 6.39.